The molecule has 0 aliphatic heterocycles. The summed E-state index contributed by atoms with van der Waals surface area (Å²) in [4.78, 5) is 7.98. The van der Waals surface area contributed by atoms with Crippen LogP contribution in [0.5, 0.6) is 5.75 Å². The first-order valence-corrected chi connectivity index (χ1v) is 7.09. The summed E-state index contributed by atoms with van der Waals surface area (Å²) in [5, 5.41) is 3.47. The van der Waals surface area contributed by atoms with Crippen LogP contribution in [0.15, 0.2) is 6.33 Å². The predicted molar refractivity (Wildman–Crippen MR) is 74.9 cm³/mol. The minimum Gasteiger partial charge on any atom is -0.490 e. The van der Waals surface area contributed by atoms with Gasteiger partial charge in [0.15, 0.2) is 16.7 Å². The molecule has 1 fully saturated rings. The SMILES string of the molecule is COc1c(Cl)ncnc1NCCOC1CCCCC1. The Bertz CT molecular complexity index is 397. The Labute approximate surface area is 118 Å². The van der Waals surface area contributed by atoms with E-state index in [4.69, 9.17) is 21.1 Å². The normalized spacial score (nSPS) is 16.3. The van der Waals surface area contributed by atoms with Crippen LogP contribution < -0.4 is 10.1 Å². The summed E-state index contributed by atoms with van der Waals surface area (Å²) in [5.41, 5.74) is 0. The van der Waals surface area contributed by atoms with E-state index < -0.39 is 0 Å². The van der Waals surface area contributed by atoms with Crippen LogP contribution in [0.4, 0.5) is 5.82 Å². The number of hydrogen-bond donors (Lipinski definition) is 1. The van der Waals surface area contributed by atoms with Gasteiger partial charge in [0.25, 0.3) is 0 Å². The first-order chi connectivity index (χ1) is 9.31. The van der Waals surface area contributed by atoms with Gasteiger partial charge in [-0.05, 0) is 12.8 Å². The molecule has 0 bridgehead atoms. The number of hydrogen-bond acceptors (Lipinski definition) is 5. The topological polar surface area (TPSA) is 56.3 Å². The lowest BCUT2D eigenvalue weighted by atomic mass is 9.98. The van der Waals surface area contributed by atoms with E-state index in [-0.39, 0.29) is 0 Å². The highest BCUT2D eigenvalue weighted by Crippen LogP contribution is 2.28. The quantitative estimate of drug-likeness (QED) is 0.643. The van der Waals surface area contributed by atoms with Crippen molar-refractivity contribution in [1.29, 1.82) is 0 Å². The number of halogens is 1. The summed E-state index contributed by atoms with van der Waals surface area (Å²) in [6.45, 7) is 1.34. The second-order valence-corrected chi connectivity index (χ2v) is 4.96. The van der Waals surface area contributed by atoms with Crippen molar-refractivity contribution in [3.8, 4) is 5.75 Å². The number of ether oxygens (including phenoxy) is 2. The molecule has 19 heavy (non-hydrogen) atoms. The van der Waals surface area contributed by atoms with Crippen molar-refractivity contribution in [2.24, 2.45) is 0 Å². The van der Waals surface area contributed by atoms with Crippen LogP contribution in [0.2, 0.25) is 5.15 Å². The van der Waals surface area contributed by atoms with E-state index in [1.165, 1.54) is 38.4 Å². The Morgan fingerprint density at radius 1 is 1.32 bits per heavy atom. The zero-order valence-electron chi connectivity index (χ0n) is 11.2. The molecule has 0 aromatic carbocycles. The number of nitrogens with zero attached hydrogens (tertiary/aromatic N) is 2. The molecular formula is C13H20ClN3O2. The fourth-order valence-corrected chi connectivity index (χ4v) is 2.50. The minimum absolute atomic E-state index is 0.313. The molecule has 1 heterocycles. The zero-order chi connectivity index (χ0) is 13.5. The maximum Gasteiger partial charge on any atom is 0.198 e. The fourth-order valence-electron chi connectivity index (χ4n) is 2.29. The Kier molecular flexibility index (Phi) is 5.66. The van der Waals surface area contributed by atoms with Gasteiger partial charge in [-0.15, -0.1) is 0 Å². The summed E-state index contributed by atoms with van der Waals surface area (Å²) in [6.07, 6.45) is 8.11. The third kappa shape index (κ3) is 4.21. The van der Waals surface area contributed by atoms with E-state index >= 15 is 0 Å². The summed E-state index contributed by atoms with van der Waals surface area (Å²) >= 11 is 5.92. The van der Waals surface area contributed by atoms with Gasteiger partial charge < -0.3 is 14.8 Å². The lowest BCUT2D eigenvalue weighted by molar-refractivity contribution is 0.0347. The molecule has 2 rings (SSSR count). The van der Waals surface area contributed by atoms with E-state index in [2.05, 4.69) is 15.3 Å². The summed E-state index contributed by atoms with van der Waals surface area (Å²) < 4.78 is 11.0. The second-order valence-electron chi connectivity index (χ2n) is 4.60. The Morgan fingerprint density at radius 2 is 2.11 bits per heavy atom. The van der Waals surface area contributed by atoms with Crippen molar-refractivity contribution in [1.82, 2.24) is 9.97 Å². The number of methoxy groups -OCH3 is 1. The van der Waals surface area contributed by atoms with Crippen LogP contribution in [0, 0.1) is 0 Å². The van der Waals surface area contributed by atoms with Crippen LogP contribution in [-0.4, -0.2) is 36.3 Å². The highest BCUT2D eigenvalue weighted by atomic mass is 35.5. The molecule has 0 unspecified atom stereocenters. The van der Waals surface area contributed by atoms with Gasteiger partial charge in [-0.2, -0.15) is 0 Å². The van der Waals surface area contributed by atoms with E-state index in [1.54, 1.807) is 7.11 Å². The first-order valence-electron chi connectivity index (χ1n) is 6.71. The van der Waals surface area contributed by atoms with E-state index in [0.717, 1.165) is 0 Å². The van der Waals surface area contributed by atoms with Gasteiger partial charge in [0.2, 0.25) is 0 Å². The van der Waals surface area contributed by atoms with Crippen molar-refractivity contribution in [2.75, 3.05) is 25.6 Å². The fraction of sp³-hybridized carbons (Fsp3) is 0.692. The summed E-state index contributed by atoms with van der Waals surface area (Å²) in [5.74, 6) is 1.08. The van der Waals surface area contributed by atoms with Crippen LogP contribution in [0.25, 0.3) is 0 Å². The summed E-state index contributed by atoms with van der Waals surface area (Å²) in [6, 6.07) is 0. The van der Waals surface area contributed by atoms with Crippen molar-refractivity contribution in [3.05, 3.63) is 11.5 Å². The molecule has 1 aromatic rings. The molecule has 0 amide bonds. The molecule has 0 spiro atoms. The lowest BCUT2D eigenvalue weighted by Gasteiger charge is -2.22. The zero-order valence-corrected chi connectivity index (χ0v) is 11.9. The molecule has 106 valence electrons. The molecule has 5 nitrogen and oxygen atoms in total. The third-order valence-electron chi connectivity index (χ3n) is 3.26. The van der Waals surface area contributed by atoms with E-state index in [1.807, 2.05) is 0 Å². The molecule has 0 radical (unpaired) electrons. The van der Waals surface area contributed by atoms with Crippen molar-refractivity contribution < 1.29 is 9.47 Å². The largest absolute Gasteiger partial charge is 0.490 e. The van der Waals surface area contributed by atoms with E-state index in [9.17, 15) is 0 Å². The van der Waals surface area contributed by atoms with Gasteiger partial charge in [-0.3, -0.25) is 0 Å². The van der Waals surface area contributed by atoms with Crippen LogP contribution in [-0.2, 0) is 4.74 Å². The molecule has 6 heteroatoms. The summed E-state index contributed by atoms with van der Waals surface area (Å²) in [7, 11) is 1.55. The van der Waals surface area contributed by atoms with Gasteiger partial charge in [0.05, 0.1) is 19.8 Å². The van der Waals surface area contributed by atoms with Crippen LogP contribution >= 0.6 is 11.6 Å². The Balaban J connectivity index is 1.74. The average molecular weight is 286 g/mol. The van der Waals surface area contributed by atoms with E-state index in [0.29, 0.717) is 36.0 Å². The van der Waals surface area contributed by atoms with Crippen LogP contribution in [0.3, 0.4) is 0 Å². The maximum atomic E-state index is 5.92. The third-order valence-corrected chi connectivity index (χ3v) is 3.53. The molecule has 1 aliphatic carbocycles. The highest BCUT2D eigenvalue weighted by molar-refractivity contribution is 6.31. The molecule has 1 aromatic heterocycles. The van der Waals surface area contributed by atoms with Gasteiger partial charge >= 0.3 is 0 Å². The number of aromatic nitrogens is 2. The smallest absolute Gasteiger partial charge is 0.198 e. The Hall–Kier alpha value is -1.07. The highest BCUT2D eigenvalue weighted by Gasteiger charge is 2.14. The second kappa shape index (κ2) is 7.50. The van der Waals surface area contributed by atoms with Gasteiger partial charge in [0.1, 0.15) is 6.33 Å². The number of anilines is 1. The van der Waals surface area contributed by atoms with Crippen molar-refractivity contribution in [2.45, 2.75) is 38.2 Å². The molecule has 0 saturated heterocycles. The molecule has 0 atom stereocenters. The molecular weight excluding hydrogens is 266 g/mol. The maximum absolute atomic E-state index is 5.92. The first kappa shape index (κ1) is 14.3. The molecule has 1 N–H and O–H groups in total. The van der Waals surface area contributed by atoms with Gasteiger partial charge in [0, 0.05) is 6.54 Å². The molecule has 1 aliphatic rings. The number of rotatable bonds is 6. The molecule has 1 saturated carbocycles. The minimum atomic E-state index is 0.313. The monoisotopic (exact) mass is 285 g/mol. The predicted octanol–water partition coefficient (Wildman–Crippen LogP) is 2.90. The Morgan fingerprint density at radius 3 is 2.84 bits per heavy atom. The van der Waals surface area contributed by atoms with Gasteiger partial charge in [-0.1, -0.05) is 30.9 Å². The van der Waals surface area contributed by atoms with Crippen molar-refractivity contribution >= 4 is 17.4 Å². The van der Waals surface area contributed by atoms with Gasteiger partial charge in [-0.25, -0.2) is 9.97 Å². The standard InChI is InChI=1S/C13H20ClN3O2/c1-18-11-12(14)16-9-17-13(11)15-7-8-19-10-5-3-2-4-6-10/h9-10H,2-8H2,1H3,(H,15,16,17). The average Bonchev–Trinajstić information content (AvgIpc) is 2.45. The number of nitrogens with one attached hydrogen (secondary N) is 1. The van der Waals surface area contributed by atoms with Crippen LogP contribution in [0.1, 0.15) is 32.1 Å². The van der Waals surface area contributed by atoms with Crippen molar-refractivity contribution in [3.63, 3.8) is 0 Å². The lowest BCUT2D eigenvalue weighted by Crippen LogP contribution is -2.20.